The first kappa shape index (κ1) is 23.0. The van der Waals surface area contributed by atoms with E-state index in [4.69, 9.17) is 9.47 Å². The summed E-state index contributed by atoms with van der Waals surface area (Å²) in [5.41, 5.74) is 1.17. The van der Waals surface area contributed by atoms with Crippen LogP contribution in [0.4, 0.5) is 11.5 Å². The Morgan fingerprint density at radius 1 is 0.829 bits per heavy atom. The van der Waals surface area contributed by atoms with E-state index >= 15 is 0 Å². The molecule has 0 spiro atoms. The SMILES string of the molecule is COc1ccc(N2CCN(C(=O)C3CCN(c4cc(Oc5ccccc5)ncn4)CC3)CC2)cc1. The van der Waals surface area contributed by atoms with Crippen molar-refractivity contribution in [1.29, 1.82) is 0 Å². The van der Waals surface area contributed by atoms with Crippen LogP contribution in [-0.4, -0.2) is 67.2 Å². The molecule has 0 bridgehead atoms. The molecule has 2 aliphatic rings. The summed E-state index contributed by atoms with van der Waals surface area (Å²) in [4.78, 5) is 28.5. The van der Waals surface area contributed by atoms with Crippen LogP contribution in [0.25, 0.3) is 0 Å². The predicted octanol–water partition coefficient (Wildman–Crippen LogP) is 3.84. The summed E-state index contributed by atoms with van der Waals surface area (Å²) in [7, 11) is 1.68. The van der Waals surface area contributed by atoms with Crippen LogP contribution in [-0.2, 0) is 4.79 Å². The van der Waals surface area contributed by atoms with Crippen LogP contribution >= 0.6 is 0 Å². The number of ether oxygens (including phenoxy) is 2. The van der Waals surface area contributed by atoms with Gasteiger partial charge < -0.3 is 24.2 Å². The molecule has 2 saturated heterocycles. The lowest BCUT2D eigenvalue weighted by molar-refractivity contribution is -0.136. The van der Waals surface area contributed by atoms with Crippen molar-refractivity contribution < 1.29 is 14.3 Å². The van der Waals surface area contributed by atoms with Gasteiger partial charge >= 0.3 is 0 Å². The van der Waals surface area contributed by atoms with Gasteiger partial charge in [-0.1, -0.05) is 18.2 Å². The maximum Gasteiger partial charge on any atom is 0.225 e. The number of nitrogens with zero attached hydrogens (tertiary/aromatic N) is 5. The van der Waals surface area contributed by atoms with Crippen molar-refractivity contribution in [1.82, 2.24) is 14.9 Å². The molecular weight excluding hydrogens is 442 g/mol. The highest BCUT2D eigenvalue weighted by Gasteiger charge is 2.31. The van der Waals surface area contributed by atoms with E-state index in [-0.39, 0.29) is 11.8 Å². The summed E-state index contributed by atoms with van der Waals surface area (Å²) in [6.45, 7) is 4.81. The minimum atomic E-state index is 0.0701. The maximum atomic E-state index is 13.2. The molecule has 8 heteroatoms. The van der Waals surface area contributed by atoms with Gasteiger partial charge in [-0.25, -0.2) is 9.97 Å². The van der Waals surface area contributed by atoms with Gasteiger partial charge in [0, 0.05) is 56.9 Å². The number of hydrogen-bond donors (Lipinski definition) is 0. The van der Waals surface area contributed by atoms with Crippen LogP contribution in [0.15, 0.2) is 67.0 Å². The third-order valence-electron chi connectivity index (χ3n) is 6.79. The highest BCUT2D eigenvalue weighted by molar-refractivity contribution is 5.79. The van der Waals surface area contributed by atoms with Crippen LogP contribution < -0.4 is 19.3 Å². The van der Waals surface area contributed by atoms with E-state index in [2.05, 4.69) is 31.9 Å². The molecule has 5 rings (SSSR count). The molecule has 2 fully saturated rings. The molecule has 1 amide bonds. The molecule has 0 radical (unpaired) electrons. The van der Waals surface area contributed by atoms with Gasteiger partial charge in [0.15, 0.2) is 0 Å². The second kappa shape index (κ2) is 10.6. The molecule has 0 N–H and O–H groups in total. The van der Waals surface area contributed by atoms with Crippen LogP contribution in [0.3, 0.4) is 0 Å². The zero-order chi connectivity index (χ0) is 24.0. The summed E-state index contributed by atoms with van der Waals surface area (Å²) >= 11 is 0. The lowest BCUT2D eigenvalue weighted by Crippen LogP contribution is -2.51. The Labute approximate surface area is 206 Å². The van der Waals surface area contributed by atoms with Crippen LogP contribution in [0.1, 0.15) is 12.8 Å². The summed E-state index contributed by atoms with van der Waals surface area (Å²) in [6.07, 6.45) is 3.19. The Morgan fingerprint density at radius 2 is 1.54 bits per heavy atom. The highest BCUT2D eigenvalue weighted by Crippen LogP contribution is 2.27. The fourth-order valence-corrected chi connectivity index (χ4v) is 4.76. The number of aromatic nitrogens is 2. The van der Waals surface area contributed by atoms with Crippen LogP contribution in [0, 0.1) is 5.92 Å². The Bertz CT molecular complexity index is 1110. The second-order valence-electron chi connectivity index (χ2n) is 8.90. The van der Waals surface area contributed by atoms with Gasteiger partial charge in [-0.2, -0.15) is 0 Å². The Balaban J connectivity index is 1.12. The van der Waals surface area contributed by atoms with Crippen molar-refractivity contribution in [3.63, 3.8) is 0 Å². The molecule has 0 saturated carbocycles. The van der Waals surface area contributed by atoms with Crippen molar-refractivity contribution >= 4 is 17.4 Å². The molecule has 0 unspecified atom stereocenters. The van der Waals surface area contributed by atoms with Crippen molar-refractivity contribution in [3.8, 4) is 17.4 Å². The molecule has 0 atom stereocenters. The summed E-state index contributed by atoms with van der Waals surface area (Å²) < 4.78 is 11.1. The van der Waals surface area contributed by atoms with Crippen LogP contribution in [0.5, 0.6) is 17.4 Å². The average Bonchev–Trinajstić information content (AvgIpc) is 2.94. The Hall–Kier alpha value is -3.81. The number of para-hydroxylation sites is 1. The lowest BCUT2D eigenvalue weighted by Gasteiger charge is -2.39. The molecule has 182 valence electrons. The quantitative estimate of drug-likeness (QED) is 0.539. The number of methoxy groups -OCH3 is 1. The minimum Gasteiger partial charge on any atom is -0.497 e. The molecule has 1 aromatic heterocycles. The largest absolute Gasteiger partial charge is 0.497 e. The van der Waals surface area contributed by atoms with Crippen molar-refractivity contribution in [3.05, 3.63) is 67.0 Å². The van der Waals surface area contributed by atoms with Gasteiger partial charge in [-0.3, -0.25) is 4.79 Å². The van der Waals surface area contributed by atoms with Crippen molar-refractivity contribution in [2.75, 3.05) is 56.2 Å². The lowest BCUT2D eigenvalue weighted by atomic mass is 9.95. The van der Waals surface area contributed by atoms with E-state index in [1.807, 2.05) is 53.4 Å². The number of anilines is 2. The minimum absolute atomic E-state index is 0.0701. The number of carbonyl (C=O) groups is 1. The van der Waals surface area contributed by atoms with Crippen molar-refractivity contribution in [2.45, 2.75) is 12.8 Å². The van der Waals surface area contributed by atoms with Crippen LogP contribution in [0.2, 0.25) is 0 Å². The summed E-state index contributed by atoms with van der Waals surface area (Å²) in [6, 6.07) is 19.6. The van der Waals surface area contributed by atoms with Gasteiger partial charge in [0.1, 0.15) is 23.6 Å². The number of benzene rings is 2. The third-order valence-corrected chi connectivity index (χ3v) is 6.79. The summed E-state index contributed by atoms with van der Waals surface area (Å²) in [5.74, 6) is 3.32. The molecule has 0 aliphatic carbocycles. The zero-order valence-corrected chi connectivity index (χ0v) is 20.0. The standard InChI is InChI=1S/C27H31N5O3/c1-34-23-9-7-22(8-10-23)30-15-17-32(18-16-30)27(33)21-11-13-31(14-12-21)25-19-26(29-20-28-25)35-24-5-3-2-4-6-24/h2-10,19-21H,11-18H2,1H3. The Kier molecular flexibility index (Phi) is 6.97. The number of rotatable bonds is 6. The smallest absolute Gasteiger partial charge is 0.225 e. The monoisotopic (exact) mass is 473 g/mol. The number of hydrogen-bond acceptors (Lipinski definition) is 7. The third kappa shape index (κ3) is 5.48. The van der Waals surface area contributed by atoms with E-state index in [0.29, 0.717) is 5.88 Å². The Morgan fingerprint density at radius 3 is 2.23 bits per heavy atom. The van der Waals surface area contributed by atoms with Crippen molar-refractivity contribution in [2.24, 2.45) is 5.92 Å². The van der Waals surface area contributed by atoms with Gasteiger partial charge in [-0.15, -0.1) is 0 Å². The highest BCUT2D eigenvalue weighted by atomic mass is 16.5. The van der Waals surface area contributed by atoms with E-state index in [1.54, 1.807) is 7.11 Å². The molecule has 3 aromatic rings. The molecule has 2 aromatic carbocycles. The first-order chi connectivity index (χ1) is 17.2. The second-order valence-corrected chi connectivity index (χ2v) is 8.90. The summed E-state index contributed by atoms with van der Waals surface area (Å²) in [5, 5.41) is 0. The molecule has 3 heterocycles. The normalized spacial score (nSPS) is 16.8. The van der Waals surface area contributed by atoms with Gasteiger partial charge in [0.25, 0.3) is 0 Å². The van der Waals surface area contributed by atoms with E-state index in [9.17, 15) is 4.79 Å². The van der Waals surface area contributed by atoms with Gasteiger partial charge in [-0.05, 0) is 49.2 Å². The number of piperidine rings is 1. The zero-order valence-electron chi connectivity index (χ0n) is 20.0. The molecule has 8 nitrogen and oxygen atoms in total. The number of carbonyl (C=O) groups excluding carboxylic acids is 1. The number of piperazine rings is 1. The molecule has 35 heavy (non-hydrogen) atoms. The fourth-order valence-electron chi connectivity index (χ4n) is 4.76. The first-order valence-electron chi connectivity index (χ1n) is 12.2. The topological polar surface area (TPSA) is 71.0 Å². The first-order valence-corrected chi connectivity index (χ1v) is 12.2. The van der Waals surface area contributed by atoms with Gasteiger partial charge in [0.2, 0.25) is 11.8 Å². The van der Waals surface area contributed by atoms with Gasteiger partial charge in [0.05, 0.1) is 7.11 Å². The number of amides is 1. The van der Waals surface area contributed by atoms with E-state index in [1.165, 1.54) is 12.0 Å². The average molecular weight is 474 g/mol. The molecule has 2 aliphatic heterocycles. The fraction of sp³-hybridized carbons (Fsp3) is 0.370. The van der Waals surface area contributed by atoms with E-state index in [0.717, 1.165) is 69.4 Å². The van der Waals surface area contributed by atoms with E-state index < -0.39 is 0 Å². The maximum absolute atomic E-state index is 13.2. The molecular formula is C27H31N5O3. The predicted molar refractivity (Wildman–Crippen MR) is 135 cm³/mol.